The van der Waals surface area contributed by atoms with E-state index in [0.29, 0.717) is 17.8 Å². The Hall–Kier alpha value is -2.61. The summed E-state index contributed by atoms with van der Waals surface area (Å²) in [5.74, 6) is 2.28. The van der Waals surface area contributed by atoms with Crippen molar-refractivity contribution in [1.29, 1.82) is 0 Å². The lowest BCUT2D eigenvalue weighted by Gasteiger charge is -2.14. The first-order valence-electron chi connectivity index (χ1n) is 11.4. The van der Waals surface area contributed by atoms with Gasteiger partial charge in [-0.1, -0.05) is 50.7 Å². The van der Waals surface area contributed by atoms with Crippen molar-refractivity contribution in [2.45, 2.75) is 81.2 Å². The fourth-order valence-electron chi connectivity index (χ4n) is 3.71. The number of rotatable bonds is 7. The van der Waals surface area contributed by atoms with Crippen LogP contribution in [-0.4, -0.2) is 35.7 Å². The van der Waals surface area contributed by atoms with Crippen LogP contribution >= 0.6 is 11.8 Å². The summed E-state index contributed by atoms with van der Waals surface area (Å²) < 4.78 is 4.10. The highest BCUT2D eigenvalue weighted by atomic mass is 32.2. The van der Waals surface area contributed by atoms with Crippen molar-refractivity contribution in [3.8, 4) is 5.69 Å². The molecule has 8 heteroatoms. The Kier molecular flexibility index (Phi) is 5.35. The number of carbonyl (C=O) groups excluding carboxylic acids is 1. The number of benzene rings is 1. The number of para-hydroxylation sites is 1. The van der Waals surface area contributed by atoms with Gasteiger partial charge < -0.3 is 9.88 Å². The molecule has 2 aromatic heterocycles. The number of carbonyl (C=O) groups is 1. The van der Waals surface area contributed by atoms with Gasteiger partial charge in [0, 0.05) is 23.4 Å². The smallest absolute Gasteiger partial charge is 0.238 e. The fourth-order valence-corrected chi connectivity index (χ4v) is 4.63. The van der Waals surface area contributed by atoms with E-state index in [1.807, 2.05) is 48.0 Å². The number of amides is 1. The number of nitrogens with one attached hydrogen (secondary N) is 1. The molecule has 1 aromatic carbocycles. The van der Waals surface area contributed by atoms with Gasteiger partial charge in [0.2, 0.25) is 5.91 Å². The lowest BCUT2D eigenvalue weighted by atomic mass is 9.92. The molecule has 2 aliphatic rings. The van der Waals surface area contributed by atoms with Crippen molar-refractivity contribution in [2.24, 2.45) is 0 Å². The molecule has 1 amide bonds. The summed E-state index contributed by atoms with van der Waals surface area (Å²) in [5.41, 5.74) is 1.72. The third-order valence-corrected chi connectivity index (χ3v) is 6.98. The van der Waals surface area contributed by atoms with Crippen LogP contribution in [0.4, 0.5) is 5.82 Å². The summed E-state index contributed by atoms with van der Waals surface area (Å²) in [7, 11) is 0. The van der Waals surface area contributed by atoms with Crippen molar-refractivity contribution >= 4 is 23.5 Å². The zero-order chi connectivity index (χ0) is 22.5. The summed E-state index contributed by atoms with van der Waals surface area (Å²) in [6.45, 7) is 8.29. The Morgan fingerprint density at radius 2 is 1.84 bits per heavy atom. The van der Waals surface area contributed by atoms with E-state index in [1.54, 1.807) is 0 Å². The van der Waals surface area contributed by atoms with Gasteiger partial charge in [0.1, 0.15) is 11.6 Å². The molecule has 2 heterocycles. The quantitative estimate of drug-likeness (QED) is 0.507. The number of anilines is 1. The largest absolute Gasteiger partial charge is 0.310 e. The second kappa shape index (κ2) is 8.06. The maximum atomic E-state index is 13.2. The zero-order valence-electron chi connectivity index (χ0n) is 19.1. The molecule has 0 saturated heterocycles. The van der Waals surface area contributed by atoms with Crippen molar-refractivity contribution in [1.82, 2.24) is 24.5 Å². The van der Waals surface area contributed by atoms with Crippen LogP contribution in [0, 0.1) is 0 Å². The van der Waals surface area contributed by atoms with Gasteiger partial charge in [0.15, 0.2) is 5.16 Å². The van der Waals surface area contributed by atoms with E-state index >= 15 is 0 Å². The zero-order valence-corrected chi connectivity index (χ0v) is 19.9. The third-order valence-electron chi connectivity index (χ3n) is 5.93. The molecular formula is C24H30N6OS. The highest BCUT2D eigenvalue weighted by Crippen LogP contribution is 2.46. The van der Waals surface area contributed by atoms with E-state index in [4.69, 9.17) is 5.10 Å². The predicted octanol–water partition coefficient (Wildman–Crippen LogP) is 5.09. The van der Waals surface area contributed by atoms with E-state index in [-0.39, 0.29) is 16.6 Å². The second-order valence-corrected chi connectivity index (χ2v) is 11.2. The maximum absolute atomic E-state index is 13.2. The number of aromatic nitrogens is 5. The normalized spacial score (nSPS) is 17.4. The Morgan fingerprint density at radius 3 is 2.47 bits per heavy atom. The molecule has 0 aliphatic heterocycles. The van der Waals surface area contributed by atoms with E-state index in [0.717, 1.165) is 22.4 Å². The van der Waals surface area contributed by atoms with Crippen LogP contribution in [-0.2, 0) is 10.2 Å². The average Bonchev–Trinajstić information content (AvgIpc) is 3.69. The summed E-state index contributed by atoms with van der Waals surface area (Å²) in [6, 6.07) is 12.4. The van der Waals surface area contributed by atoms with E-state index in [1.165, 1.54) is 37.4 Å². The van der Waals surface area contributed by atoms with Gasteiger partial charge in [0.05, 0.1) is 16.6 Å². The van der Waals surface area contributed by atoms with Crippen molar-refractivity contribution in [3.63, 3.8) is 0 Å². The molecule has 0 unspecified atom stereocenters. The third kappa shape index (κ3) is 4.33. The van der Waals surface area contributed by atoms with Crippen LogP contribution in [0.1, 0.15) is 76.9 Å². The average molecular weight is 451 g/mol. The Labute approximate surface area is 193 Å². The minimum atomic E-state index is -0.305. The number of hydrogen-bond acceptors (Lipinski definition) is 5. The molecule has 0 spiro atoms. The fraction of sp³-hybridized carbons (Fsp3) is 0.500. The molecular weight excluding hydrogens is 420 g/mol. The van der Waals surface area contributed by atoms with E-state index in [9.17, 15) is 4.79 Å². The Bertz CT molecular complexity index is 1120. The molecule has 2 saturated carbocycles. The minimum absolute atomic E-state index is 0.0640. The maximum Gasteiger partial charge on any atom is 0.238 e. The molecule has 1 atom stereocenters. The van der Waals surface area contributed by atoms with Gasteiger partial charge in [-0.2, -0.15) is 5.10 Å². The first-order chi connectivity index (χ1) is 15.3. The van der Waals surface area contributed by atoms with Crippen LogP contribution in [0.15, 0.2) is 41.6 Å². The predicted molar refractivity (Wildman–Crippen MR) is 126 cm³/mol. The SMILES string of the molecule is C[C@@H](Sc1nnc(C2CC2)n1C1CC1)C(=O)Nc1cc(C(C)(C)C)nn1-c1ccccc1. The van der Waals surface area contributed by atoms with Gasteiger partial charge in [-0.25, -0.2) is 4.68 Å². The highest BCUT2D eigenvalue weighted by molar-refractivity contribution is 8.00. The first-order valence-corrected chi connectivity index (χ1v) is 12.3. The Balaban J connectivity index is 1.36. The van der Waals surface area contributed by atoms with Gasteiger partial charge in [-0.15, -0.1) is 10.2 Å². The number of hydrogen-bond donors (Lipinski definition) is 1. The summed E-state index contributed by atoms with van der Waals surface area (Å²) in [4.78, 5) is 13.2. The molecule has 7 nitrogen and oxygen atoms in total. The summed E-state index contributed by atoms with van der Waals surface area (Å²) in [5, 5.41) is 17.4. The minimum Gasteiger partial charge on any atom is -0.310 e. The van der Waals surface area contributed by atoms with Crippen LogP contribution in [0.25, 0.3) is 5.69 Å². The van der Waals surface area contributed by atoms with Crippen LogP contribution in [0.2, 0.25) is 0 Å². The molecule has 0 bridgehead atoms. The van der Waals surface area contributed by atoms with E-state index < -0.39 is 0 Å². The van der Waals surface area contributed by atoms with Crippen LogP contribution in [0.5, 0.6) is 0 Å². The topological polar surface area (TPSA) is 77.6 Å². The number of nitrogens with zero attached hydrogens (tertiary/aromatic N) is 5. The molecule has 5 rings (SSSR count). The Morgan fingerprint density at radius 1 is 1.12 bits per heavy atom. The molecule has 32 heavy (non-hydrogen) atoms. The van der Waals surface area contributed by atoms with Crippen molar-refractivity contribution in [3.05, 3.63) is 47.9 Å². The van der Waals surface area contributed by atoms with Gasteiger partial charge in [-0.3, -0.25) is 4.79 Å². The van der Waals surface area contributed by atoms with Crippen molar-refractivity contribution in [2.75, 3.05) is 5.32 Å². The molecule has 168 valence electrons. The standard InChI is InChI=1S/C24H30N6OS/c1-15(32-23-27-26-21(16-10-11-16)29(23)17-12-13-17)22(31)25-20-14-19(24(2,3)4)28-30(20)18-8-6-5-7-9-18/h5-9,14-17H,10-13H2,1-4H3,(H,25,31)/t15-/m1/s1. The van der Waals surface area contributed by atoms with Crippen LogP contribution in [0.3, 0.4) is 0 Å². The molecule has 2 aliphatic carbocycles. The first kappa shape index (κ1) is 21.2. The van der Waals surface area contributed by atoms with Gasteiger partial charge >= 0.3 is 0 Å². The molecule has 3 aromatic rings. The van der Waals surface area contributed by atoms with Crippen LogP contribution < -0.4 is 5.32 Å². The lowest BCUT2D eigenvalue weighted by molar-refractivity contribution is -0.115. The molecule has 2 fully saturated rings. The summed E-state index contributed by atoms with van der Waals surface area (Å²) in [6.07, 6.45) is 4.76. The highest BCUT2D eigenvalue weighted by Gasteiger charge is 2.37. The molecule has 0 radical (unpaired) electrons. The monoisotopic (exact) mass is 450 g/mol. The van der Waals surface area contributed by atoms with Gasteiger partial charge in [0.25, 0.3) is 0 Å². The van der Waals surface area contributed by atoms with Crippen molar-refractivity contribution < 1.29 is 4.79 Å². The number of thioether (sulfide) groups is 1. The summed E-state index contributed by atoms with van der Waals surface area (Å²) >= 11 is 1.49. The van der Waals surface area contributed by atoms with Gasteiger partial charge in [-0.05, 0) is 44.7 Å². The lowest BCUT2D eigenvalue weighted by Crippen LogP contribution is -2.24. The second-order valence-electron chi connectivity index (χ2n) is 9.88. The van der Waals surface area contributed by atoms with E-state index in [2.05, 4.69) is 40.9 Å². The molecule has 1 N–H and O–H groups in total.